The number of anilines is 2. The normalized spacial score (nSPS) is 13.0. The van der Waals surface area contributed by atoms with Crippen molar-refractivity contribution in [2.24, 2.45) is 0 Å². The van der Waals surface area contributed by atoms with E-state index in [-0.39, 0.29) is 157 Å². The van der Waals surface area contributed by atoms with Gasteiger partial charge in [0.15, 0.2) is 20.5 Å². The Morgan fingerprint density at radius 1 is 0.503 bits per heavy atom. The van der Waals surface area contributed by atoms with Gasteiger partial charge in [0, 0.05) is 147 Å². The van der Waals surface area contributed by atoms with E-state index in [1.165, 1.54) is 79.0 Å². The molecule has 0 spiro atoms. The zero-order valence-electron chi connectivity index (χ0n) is 81.1. The fourth-order valence-electron chi connectivity index (χ4n) is 13.5. The maximum Gasteiger partial charge on any atom is 1.00 e. The number of aromatic nitrogens is 3. The number of nitrogens with zero attached hydrogens (tertiary/aromatic N) is 8. The number of aryl methyl sites for hydroxylation is 1. The van der Waals surface area contributed by atoms with Gasteiger partial charge >= 0.3 is 70.4 Å². The van der Waals surface area contributed by atoms with Gasteiger partial charge in [-0.25, -0.2) is 35.9 Å². The minimum absolute atomic E-state index is 0. The van der Waals surface area contributed by atoms with Crippen molar-refractivity contribution in [3.63, 3.8) is 0 Å². The summed E-state index contributed by atoms with van der Waals surface area (Å²) >= 11 is 22.6. The van der Waals surface area contributed by atoms with Crippen molar-refractivity contribution in [1.82, 2.24) is 29.7 Å². The molecule has 43 heteroatoms. The largest absolute Gasteiger partial charge is 1.00 e. The van der Waals surface area contributed by atoms with E-state index in [9.17, 15) is 56.4 Å². The van der Waals surface area contributed by atoms with Crippen LogP contribution in [0.2, 0.25) is 10.0 Å². The van der Waals surface area contributed by atoms with E-state index in [4.69, 9.17) is 84.8 Å². The second-order valence-corrected chi connectivity index (χ2v) is 36.9. The fourth-order valence-corrected chi connectivity index (χ4v) is 15.3. The molecule has 0 atom stereocenters. The molecule has 9 heterocycles. The van der Waals surface area contributed by atoms with Crippen LogP contribution in [-0.4, -0.2) is 208 Å². The van der Waals surface area contributed by atoms with Crippen LogP contribution in [0.5, 0.6) is 17.2 Å². The molecule has 0 unspecified atom stereocenters. The smallest absolute Gasteiger partial charge is 0.870 e. The van der Waals surface area contributed by atoms with Crippen LogP contribution in [0.1, 0.15) is 142 Å². The van der Waals surface area contributed by atoms with Crippen LogP contribution in [0.4, 0.5) is 37.7 Å². The first-order chi connectivity index (χ1) is 66.8. The molecular weight excluding hydrogens is 2250 g/mol. The molecule has 0 radical (unpaired) electrons. The third-order valence-corrected chi connectivity index (χ3v) is 25.0. The summed E-state index contributed by atoms with van der Waals surface area (Å²) < 4.78 is 138. The molecule has 0 saturated carbocycles. The van der Waals surface area contributed by atoms with Gasteiger partial charge in [-0.2, -0.15) is 10.5 Å². The zero-order valence-corrected chi connectivity index (χ0v) is 92.6. The molecule has 7 aromatic carbocycles. The molecule has 0 aliphatic carbocycles. The number of halogens is 12. The Bertz CT molecular complexity index is 6680. The molecule has 3 saturated heterocycles. The van der Waals surface area contributed by atoms with Crippen molar-refractivity contribution in [2.75, 3.05) is 108 Å². The topological polar surface area (TPSA) is 400 Å². The maximum atomic E-state index is 15.3. The number of carbonyl (C=O) groups excluding carboxylic acids is 3. The van der Waals surface area contributed by atoms with Crippen molar-refractivity contribution in [2.45, 2.75) is 104 Å². The SMILES string of the molecule is CC1(C)OB(c2ccc(NC3CCOCC3)c(C#N)c2)OC1(C)C.CCC.CO.COc1cc(C(=O)N(C)C)cc(F)c1-c1cc2nccc(-c3ccc(NC4CCOCC4)c(C#N)c3)c2o1.COc1cc(C(=O)N(C)C)cc(F)c1-c1cc2nccc(Cl)c2o1.COc1cc(C(=O)O)cc(F)c1Br.Cc1cc(C(=O)N(C)C)cc(F)c1Br.Clc1ccnc2cc(I)oc12.O=C(O)c1cc(F)c(Br)c(F)c1.[K+].[OH-]. The van der Waals surface area contributed by atoms with Crippen LogP contribution in [-0.2, 0) is 18.8 Å². The molecule has 13 aromatic rings. The molecule has 3 aliphatic heterocycles. The number of nitrogens with one attached hydrogen (secondary N) is 2. The minimum Gasteiger partial charge on any atom is -0.870 e. The number of pyridine rings is 3. The standard InChI is InChI=1S/C29H27FN4O4.C18H25BN2O3.C17H14ClFN2O3.C10H11BrFNO.C8H6BrFO3.C7H3BrF2O2.C7H3ClINO.C3H8.CH4O.K.H2O/c1-34(2)29(35)18-13-22(30)27(25(14-18)36-3)26-15-24-28(38-26)21(6-9-32-24)17-4-5-23(19(12-17)16-31)33-20-7-10-37-11-8-20;1-17(2)18(3,4)24-19(23-17)14-5-6-16(13(11-14)12-20)21-15-7-9-22-10-8-15;1-21(2)17(22)9-6-11(19)15(13(7-9)23-3)14-8-12-16(24-14)10(18)4-5-20-12;1-6-4-7(10(14)13(2)3)5-8(12)9(6)11;1-13-6-3-4(8(11)12)2-5(10)7(6)9;8-6-4(9)1-3(7(11)12)2-5(6)10;8-4-1-2-10-5-3-6(9)11-7(4)5;1-3-2;1-2;;/h4-6,9,12-15,20,33H,7-8,10-11H2,1-3H3;5-6,11,15,21H,7-10H2,1-4H3;4-8H,1-3H3;4-5H,1-3H3;2-3H,1H3,(H,11,12);1-2H,(H,11,12);1-3H;3H2,1-2H3;2H,1H3;;1H2/q;;;;;;;;;+1;/p-1. The number of aliphatic hydroxyl groups is 1. The van der Waals surface area contributed by atoms with Crippen molar-refractivity contribution in [1.29, 1.82) is 10.5 Å². The summed E-state index contributed by atoms with van der Waals surface area (Å²) in [5.41, 5.74) is 8.78. The van der Waals surface area contributed by atoms with Gasteiger partial charge in [-0.15, -0.1) is 0 Å². The quantitative estimate of drug-likeness (QED) is 0.0259. The third kappa shape index (κ3) is 32.1. The molecule has 29 nitrogen and oxygen atoms in total. The molecule has 3 fully saturated rings. The zero-order chi connectivity index (χ0) is 104. The van der Waals surface area contributed by atoms with Gasteiger partial charge in [0.05, 0.1) is 101 Å². The predicted octanol–water partition coefficient (Wildman–Crippen LogP) is 20.2. The third-order valence-electron chi connectivity index (χ3n) is 21.3. The van der Waals surface area contributed by atoms with Crippen LogP contribution < -0.4 is 81.7 Å². The summed E-state index contributed by atoms with van der Waals surface area (Å²) in [5, 5.41) is 51.2. The number of carbonyl (C=O) groups is 5. The summed E-state index contributed by atoms with van der Waals surface area (Å²) in [6.45, 7) is 17.1. The summed E-state index contributed by atoms with van der Waals surface area (Å²) in [5.74, 6) is -6.63. The number of benzene rings is 7. The molecule has 754 valence electrons. The Balaban J connectivity index is 0.000000264. The van der Waals surface area contributed by atoms with Crippen LogP contribution in [0.25, 0.3) is 67.1 Å². The first-order valence-corrected chi connectivity index (χ1v) is 47.3. The number of amides is 3. The minimum atomic E-state index is -1.36. The van der Waals surface area contributed by atoms with Crippen LogP contribution in [0.15, 0.2) is 179 Å². The molecule has 3 aliphatic rings. The molecule has 16 rings (SSSR count). The Kier molecular flexibility index (Phi) is 47.9. The van der Waals surface area contributed by atoms with Crippen molar-refractivity contribution in [3.8, 4) is 63.2 Å². The van der Waals surface area contributed by atoms with Gasteiger partial charge in [0.25, 0.3) is 17.7 Å². The van der Waals surface area contributed by atoms with E-state index in [2.05, 4.69) is 122 Å². The van der Waals surface area contributed by atoms with Gasteiger partial charge in [-0.05, 0) is 250 Å². The number of rotatable bonds is 16. The summed E-state index contributed by atoms with van der Waals surface area (Å²) in [6.07, 6.45) is 9.79. The van der Waals surface area contributed by atoms with E-state index < -0.39 is 59.5 Å². The molecule has 6 N–H and O–H groups in total. The molecule has 6 aromatic heterocycles. The van der Waals surface area contributed by atoms with Crippen molar-refractivity contribution in [3.05, 3.63) is 259 Å². The first-order valence-electron chi connectivity index (χ1n) is 43.0. The number of aromatic carboxylic acids is 2. The van der Waals surface area contributed by atoms with Gasteiger partial charge in [-0.1, -0.05) is 55.6 Å². The number of carboxylic acids is 2. The number of methoxy groups -OCH3 is 3. The van der Waals surface area contributed by atoms with E-state index in [1.54, 1.807) is 104 Å². The Morgan fingerprint density at radius 3 is 1.27 bits per heavy atom. The number of hydrogen-bond donors (Lipinski definition) is 5. The molecule has 3 amide bonds. The van der Waals surface area contributed by atoms with Crippen molar-refractivity contribution >= 4 is 180 Å². The monoisotopic (exact) mass is 2340 g/mol. The number of aliphatic hydroxyl groups excluding tert-OH is 1. The first kappa shape index (κ1) is 121. The number of fused-ring (bicyclic) bond motifs is 3. The van der Waals surface area contributed by atoms with E-state index >= 15 is 4.39 Å². The van der Waals surface area contributed by atoms with Crippen LogP contribution >= 0.6 is 93.6 Å². The Hall–Kier alpha value is -10.3. The number of nitriles is 2. The average molecular weight is 2350 g/mol. The van der Waals surface area contributed by atoms with Crippen molar-refractivity contribution < 1.29 is 169 Å². The fraction of sp³-hybridized carbons (Fsp3) is 0.300. The summed E-state index contributed by atoms with van der Waals surface area (Å²) in [7, 11) is 14.3. The maximum absolute atomic E-state index is 15.3. The van der Waals surface area contributed by atoms with E-state index in [1.807, 2.05) is 64.1 Å². The number of furan rings is 3. The number of hydrogen-bond acceptors (Lipinski definition) is 24. The summed E-state index contributed by atoms with van der Waals surface area (Å²) in [6, 6.07) is 38.6. The molecule has 0 bridgehead atoms. The van der Waals surface area contributed by atoms with Crippen LogP contribution in [0, 0.1) is 68.3 Å². The van der Waals surface area contributed by atoms with Gasteiger partial charge < -0.3 is 92.4 Å². The number of ether oxygens (including phenoxy) is 5. The Labute approximate surface area is 913 Å². The Morgan fingerprint density at radius 2 is 0.860 bits per heavy atom. The van der Waals surface area contributed by atoms with E-state index in [0.717, 1.165) is 108 Å². The molecule has 143 heavy (non-hydrogen) atoms. The van der Waals surface area contributed by atoms with Crippen LogP contribution in [0.3, 0.4) is 0 Å². The van der Waals surface area contributed by atoms with Gasteiger partial charge in [0.2, 0.25) is 0 Å². The predicted molar refractivity (Wildman–Crippen MR) is 548 cm³/mol. The average Bonchev–Trinajstić information content (AvgIpc) is 1.65. The van der Waals surface area contributed by atoms with Gasteiger partial charge in [-0.3, -0.25) is 29.3 Å². The van der Waals surface area contributed by atoms with Gasteiger partial charge in [0.1, 0.15) is 92.4 Å². The van der Waals surface area contributed by atoms with E-state index in [0.29, 0.717) is 83.8 Å². The second-order valence-electron chi connectivity index (χ2n) is 32.6. The second kappa shape index (κ2) is 56.4. The molecular formula is C100H102BBr3Cl2F6IKN10O19. The summed E-state index contributed by atoms with van der Waals surface area (Å²) in [4.78, 5) is 73.5. The number of carboxylic acid groups (broad SMARTS) is 2.